The number of hydrogen-bond donors (Lipinski definition) is 0. The zero-order valence-electron chi connectivity index (χ0n) is 21.3. The van der Waals surface area contributed by atoms with Crippen molar-refractivity contribution in [1.82, 2.24) is 0 Å². The van der Waals surface area contributed by atoms with E-state index < -0.39 is 11.9 Å². The number of methoxy groups -OCH3 is 3. The first kappa shape index (κ1) is 26.8. The molecule has 3 aromatic rings. The Labute approximate surface area is 211 Å². The second kappa shape index (κ2) is 12.8. The van der Waals surface area contributed by atoms with Gasteiger partial charge in [0.05, 0.1) is 39.1 Å². The van der Waals surface area contributed by atoms with Gasteiger partial charge in [-0.1, -0.05) is 39.0 Å². The van der Waals surface area contributed by atoms with E-state index in [4.69, 9.17) is 18.9 Å². The number of hydrogen-bond acceptors (Lipinski definition) is 7. The molecule has 0 unspecified atom stereocenters. The highest BCUT2D eigenvalue weighted by molar-refractivity contribution is 6.15. The third kappa shape index (κ3) is 6.05. The van der Waals surface area contributed by atoms with Gasteiger partial charge < -0.3 is 24.2 Å². The summed E-state index contributed by atoms with van der Waals surface area (Å²) in [4.78, 5) is 25.6. The fourth-order valence-electron chi connectivity index (χ4n) is 4.21. The maximum atomic E-state index is 12.9. The average Bonchev–Trinajstić information content (AvgIpc) is 2.90. The van der Waals surface area contributed by atoms with E-state index in [0.29, 0.717) is 44.7 Å². The predicted octanol–water partition coefficient (Wildman–Crippen LogP) is 5.46. The minimum Gasteiger partial charge on any atom is -0.619 e. The van der Waals surface area contributed by atoms with Gasteiger partial charge in [0.2, 0.25) is 0 Å². The smallest absolute Gasteiger partial charge is 0.339 e. The molecule has 0 saturated heterocycles. The molecule has 36 heavy (non-hydrogen) atoms. The fourth-order valence-corrected chi connectivity index (χ4v) is 4.21. The van der Waals surface area contributed by atoms with Crippen LogP contribution in [0.3, 0.4) is 0 Å². The summed E-state index contributed by atoms with van der Waals surface area (Å²) in [6.45, 7) is 2.73. The molecule has 1 heterocycles. The van der Waals surface area contributed by atoms with Gasteiger partial charge in [-0.3, -0.25) is 0 Å². The molecule has 0 aliphatic carbocycles. The van der Waals surface area contributed by atoms with Gasteiger partial charge in [-0.2, -0.15) is 4.73 Å². The van der Waals surface area contributed by atoms with E-state index in [2.05, 4.69) is 6.92 Å². The van der Waals surface area contributed by atoms with Crippen LogP contribution in [0.1, 0.15) is 66.2 Å². The Bertz CT molecular complexity index is 1200. The zero-order chi connectivity index (χ0) is 26.1. The fraction of sp³-hybridized carbons (Fsp3) is 0.393. The molecule has 8 heteroatoms. The molecule has 0 aliphatic rings. The van der Waals surface area contributed by atoms with Gasteiger partial charge in [-0.15, -0.1) is 0 Å². The van der Waals surface area contributed by atoms with Gasteiger partial charge in [0.15, 0.2) is 23.9 Å². The van der Waals surface area contributed by atoms with E-state index in [1.807, 2.05) is 0 Å². The molecule has 0 fully saturated rings. The van der Waals surface area contributed by atoms with Gasteiger partial charge in [-0.05, 0) is 41.0 Å². The number of fused-ring (bicyclic) bond motifs is 1. The first-order valence-electron chi connectivity index (χ1n) is 12.1. The number of unbranched alkanes of at least 4 members (excludes halogenated alkanes) is 5. The van der Waals surface area contributed by atoms with Crippen molar-refractivity contribution in [1.29, 1.82) is 0 Å². The highest BCUT2D eigenvalue weighted by atomic mass is 16.5. The summed E-state index contributed by atoms with van der Waals surface area (Å²) >= 11 is 0. The zero-order valence-corrected chi connectivity index (χ0v) is 21.3. The van der Waals surface area contributed by atoms with Crippen LogP contribution < -0.4 is 14.2 Å². The lowest BCUT2D eigenvalue weighted by Gasteiger charge is -2.18. The monoisotopic (exact) mass is 495 g/mol. The van der Waals surface area contributed by atoms with E-state index >= 15 is 0 Å². The molecule has 192 valence electrons. The summed E-state index contributed by atoms with van der Waals surface area (Å²) in [6, 6.07) is 8.30. The van der Waals surface area contributed by atoms with Crippen LogP contribution in [0.2, 0.25) is 0 Å². The number of ether oxygens (including phenoxy) is 4. The number of nitrogens with zero attached hydrogens (tertiary/aromatic N) is 1. The van der Waals surface area contributed by atoms with Gasteiger partial charge in [0.25, 0.3) is 0 Å². The molecule has 0 spiro atoms. The van der Waals surface area contributed by atoms with Crippen LogP contribution in [0.25, 0.3) is 21.9 Å². The van der Waals surface area contributed by atoms with Gasteiger partial charge in [0, 0.05) is 17.7 Å². The van der Waals surface area contributed by atoms with Gasteiger partial charge >= 0.3 is 11.9 Å². The quantitative estimate of drug-likeness (QED) is 0.142. The van der Waals surface area contributed by atoms with Crippen LogP contribution in [0.4, 0.5) is 0 Å². The molecule has 0 aliphatic heterocycles. The third-order valence-corrected chi connectivity index (χ3v) is 6.07. The van der Waals surface area contributed by atoms with Crippen LogP contribution in [0, 0.1) is 5.21 Å². The Kier molecular flexibility index (Phi) is 9.50. The summed E-state index contributed by atoms with van der Waals surface area (Å²) in [5.41, 5.74) is 1.09. The van der Waals surface area contributed by atoms with Crippen molar-refractivity contribution in [3.05, 3.63) is 59.1 Å². The molecule has 2 aromatic carbocycles. The number of esters is 2. The highest BCUT2D eigenvalue weighted by Crippen LogP contribution is 2.41. The van der Waals surface area contributed by atoms with Gasteiger partial charge in [-0.25, -0.2) is 9.59 Å². The lowest BCUT2D eigenvalue weighted by Crippen LogP contribution is -2.23. The average molecular weight is 496 g/mol. The molecule has 0 saturated carbocycles. The normalized spacial score (nSPS) is 10.8. The summed E-state index contributed by atoms with van der Waals surface area (Å²) < 4.78 is 22.3. The molecule has 0 bridgehead atoms. The Morgan fingerprint density at radius 1 is 0.861 bits per heavy atom. The molecule has 0 atom stereocenters. The standard InChI is InChI=1S/C28H33NO7/c1-5-6-7-8-9-10-15-36-24-17-20-16-22(27(30)34-3)26(28(31)35-4)25(21(20)18-23(24)33-2)19-11-13-29(32)14-12-19/h11-14,16-18H,5-10,15H2,1-4H3. The molecule has 3 rings (SSSR count). The minimum absolute atomic E-state index is 0.0447. The maximum Gasteiger partial charge on any atom is 0.339 e. The first-order chi connectivity index (χ1) is 17.4. The topological polar surface area (TPSA) is 98.0 Å². The Hall–Kier alpha value is -3.81. The number of pyridine rings is 1. The van der Waals surface area contributed by atoms with Crippen molar-refractivity contribution in [2.24, 2.45) is 0 Å². The van der Waals surface area contributed by atoms with Crippen molar-refractivity contribution >= 4 is 22.7 Å². The van der Waals surface area contributed by atoms with E-state index in [-0.39, 0.29) is 11.1 Å². The van der Waals surface area contributed by atoms with Crippen molar-refractivity contribution in [3.63, 3.8) is 0 Å². The first-order valence-corrected chi connectivity index (χ1v) is 12.1. The number of carbonyl (C=O) groups is 2. The second-order valence-corrected chi connectivity index (χ2v) is 8.44. The van der Waals surface area contributed by atoms with Crippen molar-refractivity contribution < 1.29 is 33.3 Å². The van der Waals surface area contributed by atoms with Crippen LogP contribution in [0.5, 0.6) is 11.5 Å². The summed E-state index contributed by atoms with van der Waals surface area (Å²) in [7, 11) is 4.04. The van der Waals surface area contributed by atoms with E-state index in [1.165, 1.54) is 52.3 Å². The highest BCUT2D eigenvalue weighted by Gasteiger charge is 2.27. The number of rotatable bonds is 12. The molecular weight excluding hydrogens is 462 g/mol. The number of benzene rings is 2. The van der Waals surface area contributed by atoms with Crippen LogP contribution in [-0.2, 0) is 9.47 Å². The molecule has 0 N–H and O–H groups in total. The molecule has 0 amide bonds. The summed E-state index contributed by atoms with van der Waals surface area (Å²) in [5, 5.41) is 13.0. The molecule has 1 aromatic heterocycles. The minimum atomic E-state index is -0.700. The Balaban J connectivity index is 2.13. The van der Waals surface area contributed by atoms with Gasteiger partial charge in [0.1, 0.15) is 0 Å². The van der Waals surface area contributed by atoms with Crippen molar-refractivity contribution in [2.75, 3.05) is 27.9 Å². The van der Waals surface area contributed by atoms with E-state index in [1.54, 1.807) is 37.4 Å². The molecule has 0 radical (unpaired) electrons. The summed E-state index contributed by atoms with van der Waals surface area (Å²) in [5.74, 6) is -0.352. The molecular formula is C28H33NO7. The lowest BCUT2D eigenvalue weighted by atomic mass is 9.89. The van der Waals surface area contributed by atoms with E-state index in [9.17, 15) is 14.8 Å². The van der Waals surface area contributed by atoms with Crippen LogP contribution >= 0.6 is 0 Å². The Morgan fingerprint density at radius 2 is 1.53 bits per heavy atom. The maximum absolute atomic E-state index is 12.9. The number of aromatic nitrogens is 1. The third-order valence-electron chi connectivity index (χ3n) is 6.07. The van der Waals surface area contributed by atoms with E-state index in [0.717, 1.165) is 12.8 Å². The molecule has 8 nitrogen and oxygen atoms in total. The summed E-state index contributed by atoms with van der Waals surface area (Å²) in [6.07, 6.45) is 9.50. The van der Waals surface area contributed by atoms with Crippen molar-refractivity contribution in [2.45, 2.75) is 45.4 Å². The number of carbonyl (C=O) groups excluding carboxylic acids is 2. The predicted molar refractivity (Wildman–Crippen MR) is 136 cm³/mol. The lowest BCUT2D eigenvalue weighted by molar-refractivity contribution is -0.605. The Morgan fingerprint density at radius 3 is 2.17 bits per heavy atom. The van der Waals surface area contributed by atoms with Crippen molar-refractivity contribution in [3.8, 4) is 22.6 Å². The second-order valence-electron chi connectivity index (χ2n) is 8.44. The van der Waals surface area contributed by atoms with Crippen LogP contribution in [-0.4, -0.2) is 39.9 Å². The van der Waals surface area contributed by atoms with Crippen LogP contribution in [0.15, 0.2) is 42.7 Å². The SMILES string of the molecule is CCCCCCCCOc1cc2cc(C(=O)OC)c(C(=O)OC)c(-c3cc[n+]([O-])cc3)c2cc1OC. The largest absolute Gasteiger partial charge is 0.619 e.